The Labute approximate surface area is 51.1 Å². The summed E-state index contributed by atoms with van der Waals surface area (Å²) in [6.45, 7) is 1.55. The highest BCUT2D eigenvalue weighted by Crippen LogP contribution is 1.77. The average Bonchev–Trinajstić information content (AvgIpc) is 1.65. The molecule has 2 N–H and O–H groups in total. The van der Waals surface area contributed by atoms with Crippen LogP contribution in [0.15, 0.2) is 0 Å². The fourth-order valence-corrected chi connectivity index (χ4v) is 0.541. The van der Waals surface area contributed by atoms with Gasteiger partial charge in [-0.25, -0.2) is 0 Å². The first-order valence-electron chi connectivity index (χ1n) is 2.70. The Morgan fingerprint density at radius 1 is 1.25 bits per heavy atom. The highest BCUT2D eigenvalue weighted by molar-refractivity contribution is 4.40. The van der Waals surface area contributed by atoms with E-state index in [1.807, 2.05) is 26.0 Å². The zero-order valence-electron chi connectivity index (χ0n) is 5.89. The van der Waals surface area contributed by atoms with Crippen molar-refractivity contribution in [3.05, 3.63) is 0 Å². The summed E-state index contributed by atoms with van der Waals surface area (Å²) in [5, 5.41) is 0. The SMILES string of the molecule is CN(C)CN(C)CN. The second-order valence-electron chi connectivity index (χ2n) is 2.26. The van der Waals surface area contributed by atoms with Crippen molar-refractivity contribution in [3.63, 3.8) is 0 Å². The first-order chi connectivity index (χ1) is 3.66. The lowest BCUT2D eigenvalue weighted by atomic mass is 10.7. The number of rotatable bonds is 3. The van der Waals surface area contributed by atoms with E-state index in [0.717, 1.165) is 6.67 Å². The van der Waals surface area contributed by atoms with Crippen molar-refractivity contribution in [1.82, 2.24) is 9.80 Å². The lowest BCUT2D eigenvalue weighted by Gasteiger charge is -2.18. The summed E-state index contributed by atoms with van der Waals surface area (Å²) in [5.74, 6) is 0. The molecule has 0 aromatic rings. The number of nitrogens with zero attached hydrogens (tertiary/aromatic N) is 2. The van der Waals surface area contributed by atoms with Crippen LogP contribution in [0, 0.1) is 0 Å². The van der Waals surface area contributed by atoms with E-state index in [1.165, 1.54) is 0 Å². The van der Waals surface area contributed by atoms with Crippen molar-refractivity contribution in [2.45, 2.75) is 0 Å². The van der Waals surface area contributed by atoms with Crippen LogP contribution in [-0.2, 0) is 0 Å². The molecule has 0 aliphatic rings. The largest absolute Gasteiger partial charge is 0.318 e. The molecule has 0 heterocycles. The van der Waals surface area contributed by atoms with E-state index in [0.29, 0.717) is 6.67 Å². The fourth-order valence-electron chi connectivity index (χ4n) is 0.541. The van der Waals surface area contributed by atoms with Gasteiger partial charge in [0.2, 0.25) is 0 Å². The van der Waals surface area contributed by atoms with Gasteiger partial charge in [0.1, 0.15) is 0 Å². The van der Waals surface area contributed by atoms with Gasteiger partial charge in [-0.3, -0.25) is 9.80 Å². The Morgan fingerprint density at radius 2 is 1.75 bits per heavy atom. The third-order valence-corrected chi connectivity index (χ3v) is 0.836. The van der Waals surface area contributed by atoms with Crippen LogP contribution < -0.4 is 5.73 Å². The van der Waals surface area contributed by atoms with Gasteiger partial charge in [-0.1, -0.05) is 0 Å². The maximum Gasteiger partial charge on any atom is 0.0509 e. The third-order valence-electron chi connectivity index (χ3n) is 0.836. The molecule has 0 rings (SSSR count). The highest BCUT2D eigenvalue weighted by Gasteiger charge is 1.92. The minimum Gasteiger partial charge on any atom is -0.318 e. The standard InChI is InChI=1S/C5H15N3/c1-7(2)5-8(3)4-6/h4-6H2,1-3H3. The Hall–Kier alpha value is -0.120. The predicted octanol–water partition coefficient (Wildman–Crippen LogP) is -0.646. The van der Waals surface area contributed by atoms with E-state index in [4.69, 9.17) is 5.73 Å². The zero-order chi connectivity index (χ0) is 6.57. The van der Waals surface area contributed by atoms with E-state index in [-0.39, 0.29) is 0 Å². The van der Waals surface area contributed by atoms with Crippen LogP contribution in [0.1, 0.15) is 0 Å². The molecule has 0 bridgehead atoms. The molecular weight excluding hydrogens is 102 g/mol. The van der Waals surface area contributed by atoms with Crippen molar-refractivity contribution < 1.29 is 0 Å². The van der Waals surface area contributed by atoms with E-state index in [9.17, 15) is 0 Å². The van der Waals surface area contributed by atoms with Crippen molar-refractivity contribution in [2.24, 2.45) is 5.73 Å². The molecule has 0 saturated carbocycles. The van der Waals surface area contributed by atoms with E-state index in [1.54, 1.807) is 0 Å². The molecule has 0 fully saturated rings. The summed E-state index contributed by atoms with van der Waals surface area (Å²) in [5.41, 5.74) is 5.32. The molecule has 0 atom stereocenters. The number of hydrogen-bond acceptors (Lipinski definition) is 3. The van der Waals surface area contributed by atoms with Crippen LogP contribution in [0.2, 0.25) is 0 Å². The minimum atomic E-state index is 0.623. The van der Waals surface area contributed by atoms with Crippen molar-refractivity contribution in [3.8, 4) is 0 Å². The molecule has 3 heteroatoms. The third kappa shape index (κ3) is 4.05. The Kier molecular flexibility index (Phi) is 3.77. The van der Waals surface area contributed by atoms with Crippen molar-refractivity contribution in [1.29, 1.82) is 0 Å². The van der Waals surface area contributed by atoms with Gasteiger partial charge in [0, 0.05) is 6.67 Å². The number of nitrogens with two attached hydrogens (primary N) is 1. The molecular formula is C5H15N3. The normalized spacial score (nSPS) is 11.2. The Balaban J connectivity index is 3.10. The first kappa shape index (κ1) is 7.88. The summed E-state index contributed by atoms with van der Waals surface area (Å²) in [4.78, 5) is 4.10. The van der Waals surface area contributed by atoms with Gasteiger partial charge >= 0.3 is 0 Å². The average molecular weight is 117 g/mol. The predicted molar refractivity (Wildman–Crippen MR) is 35.4 cm³/mol. The molecule has 0 aromatic carbocycles. The van der Waals surface area contributed by atoms with Crippen LogP contribution >= 0.6 is 0 Å². The van der Waals surface area contributed by atoms with Crippen LogP contribution in [-0.4, -0.2) is 44.3 Å². The van der Waals surface area contributed by atoms with Crippen molar-refractivity contribution in [2.75, 3.05) is 34.5 Å². The smallest absolute Gasteiger partial charge is 0.0509 e. The van der Waals surface area contributed by atoms with E-state index < -0.39 is 0 Å². The van der Waals surface area contributed by atoms with E-state index in [2.05, 4.69) is 4.90 Å². The summed E-state index contributed by atoms with van der Waals surface area (Å²) < 4.78 is 0. The van der Waals surface area contributed by atoms with Gasteiger partial charge in [0.15, 0.2) is 0 Å². The first-order valence-corrected chi connectivity index (χ1v) is 2.70. The van der Waals surface area contributed by atoms with Gasteiger partial charge < -0.3 is 5.73 Å². The molecule has 0 aromatic heterocycles. The zero-order valence-corrected chi connectivity index (χ0v) is 5.89. The Bertz CT molecular complexity index is 53.6. The molecule has 0 unspecified atom stereocenters. The highest BCUT2D eigenvalue weighted by atomic mass is 15.3. The number of hydrogen-bond donors (Lipinski definition) is 1. The molecule has 0 amide bonds. The van der Waals surface area contributed by atoms with E-state index >= 15 is 0 Å². The second kappa shape index (κ2) is 3.83. The fraction of sp³-hybridized carbons (Fsp3) is 1.00. The molecule has 0 saturated heterocycles. The summed E-state index contributed by atoms with van der Waals surface area (Å²) in [6, 6.07) is 0. The molecule has 50 valence electrons. The van der Waals surface area contributed by atoms with Gasteiger partial charge in [-0.2, -0.15) is 0 Å². The maximum absolute atomic E-state index is 5.32. The van der Waals surface area contributed by atoms with Gasteiger partial charge in [-0.15, -0.1) is 0 Å². The van der Waals surface area contributed by atoms with Crippen LogP contribution in [0.4, 0.5) is 0 Å². The van der Waals surface area contributed by atoms with Crippen molar-refractivity contribution >= 4 is 0 Å². The topological polar surface area (TPSA) is 32.5 Å². The quantitative estimate of drug-likeness (QED) is 0.499. The molecule has 0 aliphatic carbocycles. The van der Waals surface area contributed by atoms with Crippen LogP contribution in [0.5, 0.6) is 0 Å². The summed E-state index contributed by atoms with van der Waals surface area (Å²) >= 11 is 0. The van der Waals surface area contributed by atoms with Gasteiger partial charge in [0.05, 0.1) is 6.67 Å². The monoisotopic (exact) mass is 117 g/mol. The lowest BCUT2D eigenvalue weighted by Crippen LogP contribution is -2.34. The molecule has 3 nitrogen and oxygen atoms in total. The minimum absolute atomic E-state index is 0.623. The van der Waals surface area contributed by atoms with Crippen LogP contribution in [0.3, 0.4) is 0 Å². The molecule has 8 heavy (non-hydrogen) atoms. The lowest BCUT2D eigenvalue weighted by molar-refractivity contribution is 0.215. The second-order valence-corrected chi connectivity index (χ2v) is 2.26. The van der Waals surface area contributed by atoms with Gasteiger partial charge in [-0.05, 0) is 21.1 Å². The van der Waals surface area contributed by atoms with Crippen LogP contribution in [0.25, 0.3) is 0 Å². The molecule has 0 radical (unpaired) electrons. The molecule has 0 spiro atoms. The summed E-state index contributed by atoms with van der Waals surface area (Å²) in [6.07, 6.45) is 0. The van der Waals surface area contributed by atoms with Gasteiger partial charge in [0.25, 0.3) is 0 Å². The maximum atomic E-state index is 5.32. The summed E-state index contributed by atoms with van der Waals surface area (Å²) in [7, 11) is 6.03. The molecule has 0 aliphatic heterocycles. The Morgan fingerprint density at radius 3 is 1.88 bits per heavy atom.